The van der Waals surface area contributed by atoms with Crippen LogP contribution >= 0.6 is 0 Å². The lowest BCUT2D eigenvalue weighted by Gasteiger charge is -2.21. The van der Waals surface area contributed by atoms with Gasteiger partial charge in [-0.25, -0.2) is 9.78 Å². The fourth-order valence-corrected chi connectivity index (χ4v) is 1.83. The van der Waals surface area contributed by atoms with Crippen molar-refractivity contribution in [1.29, 1.82) is 0 Å². The molecule has 0 aliphatic carbocycles. The summed E-state index contributed by atoms with van der Waals surface area (Å²) in [4.78, 5) is 28.7. The number of pyridine rings is 1. The van der Waals surface area contributed by atoms with E-state index in [1.807, 2.05) is 0 Å². The largest absolute Gasteiger partial charge is 0.467 e. The minimum atomic E-state index is -0.535. The van der Waals surface area contributed by atoms with E-state index in [0.717, 1.165) is 0 Å². The van der Waals surface area contributed by atoms with Crippen molar-refractivity contribution in [3.8, 4) is 0 Å². The lowest BCUT2D eigenvalue weighted by atomic mass is 10.2. The van der Waals surface area contributed by atoms with Crippen molar-refractivity contribution in [3.63, 3.8) is 0 Å². The van der Waals surface area contributed by atoms with Crippen molar-refractivity contribution >= 4 is 17.7 Å². The lowest BCUT2D eigenvalue weighted by Crippen LogP contribution is -2.39. The molecule has 1 aliphatic heterocycles. The third-order valence-electron chi connectivity index (χ3n) is 2.58. The van der Waals surface area contributed by atoms with Gasteiger partial charge in [0.2, 0.25) is 5.91 Å². The summed E-state index contributed by atoms with van der Waals surface area (Å²) in [5.74, 6) is 0.0194. The lowest BCUT2D eigenvalue weighted by molar-refractivity contribution is -0.142. The molecule has 1 fully saturated rings. The Hall–Kier alpha value is -1.91. The predicted molar refractivity (Wildman–Crippen MR) is 56.8 cm³/mol. The Labute approximate surface area is 93.0 Å². The molecule has 2 heterocycles. The highest BCUT2D eigenvalue weighted by atomic mass is 16.5. The van der Waals surface area contributed by atoms with Crippen LogP contribution in [0.1, 0.15) is 12.8 Å². The second kappa shape index (κ2) is 4.30. The highest BCUT2D eigenvalue weighted by molar-refractivity contribution is 6.01. The van der Waals surface area contributed by atoms with Gasteiger partial charge in [0.1, 0.15) is 11.9 Å². The summed E-state index contributed by atoms with van der Waals surface area (Å²) in [6.07, 6.45) is 2.44. The molecule has 0 spiro atoms. The predicted octanol–water partition coefficient (Wildman–Crippen LogP) is 0.750. The molecule has 5 heteroatoms. The average Bonchev–Trinajstić information content (AvgIpc) is 2.71. The van der Waals surface area contributed by atoms with Crippen LogP contribution in [-0.4, -0.2) is 30.0 Å². The molecule has 0 bridgehead atoms. The monoisotopic (exact) mass is 220 g/mol. The van der Waals surface area contributed by atoms with Crippen molar-refractivity contribution in [2.75, 3.05) is 12.0 Å². The van der Waals surface area contributed by atoms with Gasteiger partial charge in [-0.3, -0.25) is 9.69 Å². The number of nitrogens with zero attached hydrogens (tertiary/aromatic N) is 2. The summed E-state index contributed by atoms with van der Waals surface area (Å²) in [5.41, 5.74) is 0. The van der Waals surface area contributed by atoms with E-state index in [1.54, 1.807) is 24.4 Å². The molecule has 0 radical (unpaired) electrons. The molecule has 1 aliphatic rings. The number of amides is 1. The van der Waals surface area contributed by atoms with E-state index in [0.29, 0.717) is 18.7 Å². The molecule has 0 N–H and O–H groups in total. The summed E-state index contributed by atoms with van der Waals surface area (Å²) < 4.78 is 4.67. The summed E-state index contributed by atoms with van der Waals surface area (Å²) in [7, 11) is 1.32. The van der Waals surface area contributed by atoms with E-state index in [9.17, 15) is 9.59 Å². The smallest absolute Gasteiger partial charge is 0.329 e. The number of hydrogen-bond donors (Lipinski definition) is 0. The van der Waals surface area contributed by atoms with Crippen molar-refractivity contribution in [1.82, 2.24) is 4.98 Å². The van der Waals surface area contributed by atoms with Gasteiger partial charge < -0.3 is 4.74 Å². The molecule has 1 aromatic rings. The Morgan fingerprint density at radius 3 is 3.00 bits per heavy atom. The average molecular weight is 220 g/mol. The van der Waals surface area contributed by atoms with E-state index >= 15 is 0 Å². The molecular weight excluding hydrogens is 208 g/mol. The van der Waals surface area contributed by atoms with Crippen LogP contribution in [0.4, 0.5) is 5.82 Å². The van der Waals surface area contributed by atoms with Gasteiger partial charge in [0.15, 0.2) is 0 Å². The fraction of sp³-hybridized carbons (Fsp3) is 0.364. The van der Waals surface area contributed by atoms with Crippen LogP contribution in [0.15, 0.2) is 24.4 Å². The normalized spacial score (nSPS) is 19.9. The first-order valence-corrected chi connectivity index (χ1v) is 5.05. The van der Waals surface area contributed by atoms with Gasteiger partial charge in [0, 0.05) is 12.6 Å². The van der Waals surface area contributed by atoms with Crippen molar-refractivity contribution in [2.24, 2.45) is 0 Å². The van der Waals surface area contributed by atoms with Gasteiger partial charge in [-0.1, -0.05) is 6.07 Å². The van der Waals surface area contributed by atoms with Gasteiger partial charge >= 0.3 is 5.97 Å². The zero-order valence-corrected chi connectivity index (χ0v) is 8.92. The molecule has 1 aromatic heterocycles. The number of esters is 1. The summed E-state index contributed by atoms with van der Waals surface area (Å²) >= 11 is 0. The topological polar surface area (TPSA) is 59.5 Å². The number of aromatic nitrogens is 1. The summed E-state index contributed by atoms with van der Waals surface area (Å²) in [6.45, 7) is 0. The van der Waals surface area contributed by atoms with Crippen LogP contribution in [0.5, 0.6) is 0 Å². The minimum absolute atomic E-state index is 0.0888. The van der Waals surface area contributed by atoms with Crippen LogP contribution in [0, 0.1) is 0 Å². The van der Waals surface area contributed by atoms with Crippen molar-refractivity contribution in [2.45, 2.75) is 18.9 Å². The highest BCUT2D eigenvalue weighted by Gasteiger charge is 2.38. The molecular formula is C11H12N2O3. The third kappa shape index (κ3) is 1.76. The Bertz CT molecular complexity index is 405. The first kappa shape index (κ1) is 10.6. The number of methoxy groups -OCH3 is 1. The van der Waals surface area contributed by atoms with Gasteiger partial charge in [-0.05, 0) is 18.6 Å². The maximum absolute atomic E-state index is 11.7. The van der Waals surface area contributed by atoms with E-state index in [4.69, 9.17) is 0 Å². The standard InChI is InChI=1S/C11H12N2O3/c1-16-11(15)8-5-6-10(14)13(8)9-4-2-3-7-12-9/h2-4,7-8H,5-6H2,1H3/t8-/m0/s1. The molecule has 1 amide bonds. The Kier molecular flexibility index (Phi) is 2.85. The van der Waals surface area contributed by atoms with Crippen LogP contribution in [0.2, 0.25) is 0 Å². The molecule has 5 nitrogen and oxygen atoms in total. The zero-order chi connectivity index (χ0) is 11.5. The molecule has 84 valence electrons. The molecule has 2 rings (SSSR count). The molecule has 16 heavy (non-hydrogen) atoms. The molecule has 1 atom stereocenters. The Morgan fingerprint density at radius 2 is 2.38 bits per heavy atom. The summed E-state index contributed by atoms with van der Waals surface area (Å²) in [6, 6.07) is 4.71. The maximum atomic E-state index is 11.7. The maximum Gasteiger partial charge on any atom is 0.329 e. The van der Waals surface area contributed by atoms with E-state index in [1.165, 1.54) is 12.0 Å². The fourth-order valence-electron chi connectivity index (χ4n) is 1.83. The van der Waals surface area contributed by atoms with Gasteiger partial charge in [0.25, 0.3) is 0 Å². The number of carbonyl (C=O) groups excluding carboxylic acids is 2. The van der Waals surface area contributed by atoms with Crippen LogP contribution in [0.25, 0.3) is 0 Å². The zero-order valence-electron chi connectivity index (χ0n) is 8.92. The first-order valence-electron chi connectivity index (χ1n) is 5.05. The quantitative estimate of drug-likeness (QED) is 0.690. The first-order chi connectivity index (χ1) is 7.74. The Morgan fingerprint density at radius 1 is 1.56 bits per heavy atom. The van der Waals surface area contributed by atoms with Crippen LogP contribution < -0.4 is 4.90 Å². The molecule has 0 unspecified atom stereocenters. The molecule has 0 aromatic carbocycles. The third-order valence-corrected chi connectivity index (χ3v) is 2.58. The molecule has 1 saturated heterocycles. The number of anilines is 1. The Balaban J connectivity index is 2.30. The second-order valence-electron chi connectivity index (χ2n) is 3.53. The number of ether oxygens (including phenoxy) is 1. The van der Waals surface area contributed by atoms with E-state index < -0.39 is 12.0 Å². The summed E-state index contributed by atoms with van der Waals surface area (Å²) in [5, 5.41) is 0. The minimum Gasteiger partial charge on any atom is -0.467 e. The van der Waals surface area contributed by atoms with Crippen molar-refractivity contribution < 1.29 is 14.3 Å². The van der Waals surface area contributed by atoms with E-state index in [-0.39, 0.29) is 5.91 Å². The van der Waals surface area contributed by atoms with Crippen molar-refractivity contribution in [3.05, 3.63) is 24.4 Å². The number of rotatable bonds is 2. The SMILES string of the molecule is COC(=O)[C@@H]1CCC(=O)N1c1ccccn1. The second-order valence-corrected chi connectivity index (χ2v) is 3.53. The highest BCUT2D eigenvalue weighted by Crippen LogP contribution is 2.25. The van der Waals surface area contributed by atoms with E-state index in [2.05, 4.69) is 9.72 Å². The molecule has 0 saturated carbocycles. The van der Waals surface area contributed by atoms with Gasteiger partial charge in [-0.2, -0.15) is 0 Å². The van der Waals surface area contributed by atoms with Gasteiger partial charge in [-0.15, -0.1) is 0 Å². The van der Waals surface area contributed by atoms with Crippen LogP contribution in [0.3, 0.4) is 0 Å². The van der Waals surface area contributed by atoms with Crippen LogP contribution in [-0.2, 0) is 14.3 Å². The number of carbonyl (C=O) groups is 2. The van der Waals surface area contributed by atoms with Gasteiger partial charge in [0.05, 0.1) is 7.11 Å². The number of hydrogen-bond acceptors (Lipinski definition) is 4.